The highest BCUT2D eigenvalue weighted by Crippen LogP contribution is 2.40. The number of pyridine rings is 1. The highest BCUT2D eigenvalue weighted by atomic mass is 35.5. The number of methoxy groups -OCH3 is 1. The van der Waals surface area contributed by atoms with Gasteiger partial charge in [-0.3, -0.25) is 9.98 Å². The second-order valence-electron chi connectivity index (χ2n) is 6.72. The van der Waals surface area contributed by atoms with Crippen LogP contribution in [0.4, 0.5) is 11.8 Å². The Hall–Kier alpha value is -2.81. The van der Waals surface area contributed by atoms with E-state index in [2.05, 4.69) is 30.2 Å². The molecule has 5 N–H and O–H groups in total. The Kier molecular flexibility index (Phi) is 8.05. The number of halogens is 1. The first kappa shape index (κ1) is 23.5. The number of guanidine groups is 1. The minimum Gasteiger partial charge on any atom is -0.496 e. The van der Waals surface area contributed by atoms with Crippen LogP contribution in [-0.4, -0.2) is 48.2 Å². The molecule has 0 bridgehead atoms. The van der Waals surface area contributed by atoms with Crippen molar-refractivity contribution in [2.75, 3.05) is 37.9 Å². The fourth-order valence-corrected chi connectivity index (χ4v) is 3.83. The summed E-state index contributed by atoms with van der Waals surface area (Å²) in [7, 11) is 3.30. The molecule has 1 atom stereocenters. The fourth-order valence-electron chi connectivity index (χ4n) is 3.51. The van der Waals surface area contributed by atoms with E-state index in [4.69, 9.17) is 27.8 Å². The van der Waals surface area contributed by atoms with E-state index < -0.39 is 0 Å². The number of fused-ring (bicyclic) bond motifs is 1. The lowest BCUT2D eigenvalue weighted by atomic mass is 10.1. The Balaban J connectivity index is 0.00000155. The van der Waals surface area contributed by atoms with Gasteiger partial charge in [-0.05, 0) is 13.8 Å². The molecule has 0 saturated carbocycles. The van der Waals surface area contributed by atoms with E-state index in [1.807, 2.05) is 33.9 Å². The third-order valence-electron chi connectivity index (χ3n) is 4.91. The summed E-state index contributed by atoms with van der Waals surface area (Å²) in [5.41, 5.74) is 15.4. The van der Waals surface area contributed by atoms with Crippen LogP contribution in [0.15, 0.2) is 11.2 Å². The molecular weight excluding hydrogens is 404 g/mol. The second kappa shape index (κ2) is 10.3. The number of aryl methyl sites for hydroxylation is 1. The summed E-state index contributed by atoms with van der Waals surface area (Å²) >= 11 is 6.40. The van der Waals surface area contributed by atoms with Crippen LogP contribution >= 0.6 is 11.6 Å². The van der Waals surface area contributed by atoms with Gasteiger partial charge in [0.15, 0.2) is 5.96 Å². The molecule has 2 aromatic rings. The first-order valence-electron chi connectivity index (χ1n) is 9.88. The third kappa shape index (κ3) is 4.84. The fraction of sp³-hybridized carbons (Fsp3) is 0.500. The predicted molar refractivity (Wildman–Crippen MR) is 122 cm³/mol. The molecule has 0 spiro atoms. The number of anilines is 2. The average Bonchev–Trinajstić information content (AvgIpc) is 3.07. The summed E-state index contributed by atoms with van der Waals surface area (Å²) in [5.74, 6) is 2.11. The van der Waals surface area contributed by atoms with Gasteiger partial charge in [0.1, 0.15) is 16.7 Å². The van der Waals surface area contributed by atoms with E-state index in [1.165, 1.54) is 0 Å². The molecule has 3 rings (SSSR count). The van der Waals surface area contributed by atoms with Gasteiger partial charge in [0.2, 0.25) is 5.95 Å². The van der Waals surface area contributed by atoms with E-state index in [0.717, 1.165) is 34.0 Å². The number of aliphatic imine (C=N–C) groups is 1. The van der Waals surface area contributed by atoms with Gasteiger partial charge >= 0.3 is 0 Å². The number of hydrogen-bond donors (Lipinski definition) is 3. The second-order valence-corrected chi connectivity index (χ2v) is 7.08. The number of ether oxygens (including phenoxy) is 1. The van der Waals surface area contributed by atoms with Crippen molar-refractivity contribution in [1.29, 1.82) is 0 Å². The molecule has 2 aromatic heterocycles. The zero-order valence-electron chi connectivity index (χ0n) is 18.5. The summed E-state index contributed by atoms with van der Waals surface area (Å²) < 4.78 is 5.52. The summed E-state index contributed by atoms with van der Waals surface area (Å²) in [5, 5.41) is 3.45. The van der Waals surface area contributed by atoms with Gasteiger partial charge in [0.05, 0.1) is 19.3 Å². The topological polar surface area (TPSA) is 128 Å². The number of nitrogens with two attached hydrogens (primary N) is 2. The first-order valence-corrected chi connectivity index (χ1v) is 10.3. The van der Waals surface area contributed by atoms with Crippen molar-refractivity contribution in [1.82, 2.24) is 20.3 Å². The average molecular weight is 435 g/mol. The van der Waals surface area contributed by atoms with Gasteiger partial charge in [-0.25, -0.2) is 4.98 Å². The molecule has 3 heterocycles. The van der Waals surface area contributed by atoms with Crippen molar-refractivity contribution in [3.8, 4) is 5.75 Å². The Bertz CT molecular complexity index is 918. The number of nitrogens with zero attached hydrogens (tertiary/aromatic N) is 5. The van der Waals surface area contributed by atoms with Crippen molar-refractivity contribution >= 4 is 29.3 Å². The van der Waals surface area contributed by atoms with Crippen LogP contribution in [-0.2, 0) is 6.54 Å². The Morgan fingerprint density at radius 3 is 2.70 bits per heavy atom. The summed E-state index contributed by atoms with van der Waals surface area (Å²) in [6.07, 6.45) is 1.82. The highest BCUT2D eigenvalue weighted by molar-refractivity contribution is 6.30. The van der Waals surface area contributed by atoms with Crippen LogP contribution in [0.25, 0.3) is 0 Å². The highest BCUT2D eigenvalue weighted by Gasteiger charge is 2.34. The minimum atomic E-state index is 0.0380. The zero-order valence-corrected chi connectivity index (χ0v) is 19.2. The normalized spacial score (nSPS) is 15.4. The standard InChI is InChI=1S/C18H25ClN8O.C2H6/c1-9-5-23-12(10(2)14(9)28-4)8-27-7-11(6-24-17(20)22-3)13-15(19)25-18(21)26-16(13)27;1-2/h5,11H,6-8H2,1-4H3,(H3,20,22,24)(H2,21,25,26);1-2H3. The Morgan fingerprint density at radius 1 is 1.37 bits per heavy atom. The molecule has 0 aromatic carbocycles. The number of nitrogens with one attached hydrogen (secondary N) is 1. The summed E-state index contributed by atoms with van der Waals surface area (Å²) in [4.78, 5) is 19.2. The maximum Gasteiger partial charge on any atom is 0.223 e. The lowest BCUT2D eigenvalue weighted by molar-refractivity contribution is 0.406. The molecule has 0 saturated heterocycles. The van der Waals surface area contributed by atoms with Gasteiger partial charge in [0.25, 0.3) is 0 Å². The van der Waals surface area contributed by atoms with E-state index in [0.29, 0.717) is 30.7 Å². The number of hydrogen-bond acceptors (Lipinski definition) is 7. The van der Waals surface area contributed by atoms with E-state index >= 15 is 0 Å². The van der Waals surface area contributed by atoms with E-state index in [-0.39, 0.29) is 11.9 Å². The quantitative estimate of drug-likeness (QED) is 0.371. The number of rotatable bonds is 5. The van der Waals surface area contributed by atoms with Crippen molar-refractivity contribution in [2.24, 2.45) is 10.7 Å². The van der Waals surface area contributed by atoms with Crippen LogP contribution in [0.2, 0.25) is 5.15 Å². The molecule has 30 heavy (non-hydrogen) atoms. The third-order valence-corrected chi connectivity index (χ3v) is 5.19. The Labute approximate surface area is 182 Å². The molecule has 0 amide bonds. The molecule has 0 radical (unpaired) electrons. The smallest absolute Gasteiger partial charge is 0.223 e. The molecule has 10 heteroatoms. The molecule has 9 nitrogen and oxygen atoms in total. The van der Waals surface area contributed by atoms with Crippen molar-refractivity contribution in [3.63, 3.8) is 0 Å². The molecule has 0 fully saturated rings. The van der Waals surface area contributed by atoms with Crippen LogP contribution in [0.1, 0.15) is 42.1 Å². The van der Waals surface area contributed by atoms with Gasteiger partial charge in [-0.15, -0.1) is 0 Å². The molecule has 1 aliphatic heterocycles. The van der Waals surface area contributed by atoms with Crippen molar-refractivity contribution < 1.29 is 4.74 Å². The van der Waals surface area contributed by atoms with Gasteiger partial charge in [-0.1, -0.05) is 25.4 Å². The van der Waals surface area contributed by atoms with E-state index in [1.54, 1.807) is 14.2 Å². The SMILES string of the molecule is CC.CN=C(N)NCC1CN(Cc2ncc(C)c(OC)c2C)c2nc(N)nc(Cl)c21. The van der Waals surface area contributed by atoms with Gasteiger partial charge in [-0.2, -0.15) is 4.98 Å². The zero-order chi connectivity index (χ0) is 22.4. The largest absolute Gasteiger partial charge is 0.496 e. The van der Waals surface area contributed by atoms with Crippen LogP contribution in [0.5, 0.6) is 5.75 Å². The van der Waals surface area contributed by atoms with Crippen LogP contribution in [0, 0.1) is 13.8 Å². The molecule has 164 valence electrons. The molecule has 1 aliphatic rings. The molecule has 0 aliphatic carbocycles. The summed E-state index contributed by atoms with van der Waals surface area (Å²) in [6, 6.07) is 0. The maximum absolute atomic E-state index is 6.40. The first-order chi connectivity index (χ1) is 14.3. The number of nitrogen functional groups attached to an aromatic ring is 1. The summed E-state index contributed by atoms with van der Waals surface area (Å²) in [6.45, 7) is 9.76. The predicted octanol–water partition coefficient (Wildman–Crippen LogP) is 2.40. The Morgan fingerprint density at radius 2 is 2.07 bits per heavy atom. The van der Waals surface area contributed by atoms with E-state index in [9.17, 15) is 0 Å². The monoisotopic (exact) mass is 434 g/mol. The lowest BCUT2D eigenvalue weighted by Gasteiger charge is -2.21. The van der Waals surface area contributed by atoms with Crippen molar-refractivity contribution in [3.05, 3.63) is 33.7 Å². The van der Waals surface area contributed by atoms with Crippen LogP contribution < -0.4 is 26.4 Å². The van der Waals surface area contributed by atoms with Crippen LogP contribution in [0.3, 0.4) is 0 Å². The lowest BCUT2D eigenvalue weighted by Crippen LogP contribution is -2.36. The van der Waals surface area contributed by atoms with Gasteiger partial charge in [0, 0.05) is 48.9 Å². The van der Waals surface area contributed by atoms with Crippen molar-refractivity contribution in [2.45, 2.75) is 40.2 Å². The van der Waals surface area contributed by atoms with Gasteiger partial charge < -0.3 is 26.4 Å². The minimum absolute atomic E-state index is 0.0380. The maximum atomic E-state index is 6.40. The molecule has 1 unspecified atom stereocenters. The number of aromatic nitrogens is 3. The molecular formula is C20H31ClN8O.